The van der Waals surface area contributed by atoms with Crippen molar-refractivity contribution in [2.45, 2.75) is 12.8 Å². The molecule has 1 aromatic carbocycles. The molecule has 2 rings (SSSR count). The van der Waals surface area contributed by atoms with Gasteiger partial charge in [-0.1, -0.05) is 44.0 Å². The van der Waals surface area contributed by atoms with Crippen molar-refractivity contribution in [3.05, 3.63) is 52.3 Å². The van der Waals surface area contributed by atoms with Gasteiger partial charge in [-0.3, -0.25) is 4.68 Å². The summed E-state index contributed by atoms with van der Waals surface area (Å²) in [6, 6.07) is 10.6. The third kappa shape index (κ3) is 3.95. The Morgan fingerprint density at radius 2 is 2.11 bits per heavy atom. The molecule has 0 bridgehead atoms. The van der Waals surface area contributed by atoms with Crippen LogP contribution >= 0.6 is 31.9 Å². The van der Waals surface area contributed by atoms with E-state index in [1.807, 2.05) is 17.9 Å². The van der Waals surface area contributed by atoms with Crippen molar-refractivity contribution in [1.82, 2.24) is 9.78 Å². The maximum atomic E-state index is 4.44. The molecule has 0 N–H and O–H groups in total. The van der Waals surface area contributed by atoms with Crippen molar-refractivity contribution in [3.8, 4) is 0 Å². The normalized spacial score (nSPS) is 12.6. The zero-order valence-electron chi connectivity index (χ0n) is 10.3. The molecule has 0 saturated heterocycles. The van der Waals surface area contributed by atoms with Gasteiger partial charge in [-0.2, -0.15) is 5.10 Å². The molecule has 0 radical (unpaired) electrons. The van der Waals surface area contributed by atoms with Crippen LogP contribution in [-0.4, -0.2) is 15.1 Å². The molecule has 4 heteroatoms. The summed E-state index contributed by atoms with van der Waals surface area (Å²) in [5.74, 6) is 0.578. The zero-order valence-corrected chi connectivity index (χ0v) is 13.5. The fraction of sp³-hybridized carbons (Fsp3) is 0.357. The first-order valence-corrected chi connectivity index (χ1v) is 7.87. The van der Waals surface area contributed by atoms with Gasteiger partial charge in [0.2, 0.25) is 0 Å². The minimum absolute atomic E-state index is 0.578. The van der Waals surface area contributed by atoms with E-state index in [1.165, 1.54) is 5.56 Å². The van der Waals surface area contributed by atoms with Crippen molar-refractivity contribution >= 4 is 31.9 Å². The Morgan fingerprint density at radius 1 is 1.28 bits per heavy atom. The number of hydrogen-bond donors (Lipinski definition) is 0. The largest absolute Gasteiger partial charge is 0.276 e. The molecule has 0 fully saturated rings. The lowest BCUT2D eigenvalue weighted by Crippen LogP contribution is -2.10. The molecule has 96 valence electrons. The summed E-state index contributed by atoms with van der Waals surface area (Å²) in [5, 5.41) is 5.44. The standard InChI is InChI=1S/C14H16Br2N2/c1-18-6-5-14(17-18)9-12(10-15)7-11-3-2-4-13(16)8-11/h2-6,8,12H,7,9-10H2,1H3. The lowest BCUT2D eigenvalue weighted by atomic mass is 9.97. The van der Waals surface area contributed by atoms with E-state index in [4.69, 9.17) is 0 Å². The molecular formula is C14H16Br2N2. The highest BCUT2D eigenvalue weighted by Gasteiger charge is 2.11. The van der Waals surface area contributed by atoms with Gasteiger partial charge >= 0.3 is 0 Å². The second kappa shape index (κ2) is 6.53. The Hall–Kier alpha value is -0.610. The first-order chi connectivity index (χ1) is 8.67. The molecule has 18 heavy (non-hydrogen) atoms. The van der Waals surface area contributed by atoms with Gasteiger partial charge in [0.25, 0.3) is 0 Å². The van der Waals surface area contributed by atoms with Crippen LogP contribution in [0.15, 0.2) is 41.0 Å². The van der Waals surface area contributed by atoms with Gasteiger partial charge in [-0.05, 0) is 42.5 Å². The number of halogens is 2. The van der Waals surface area contributed by atoms with E-state index in [0.29, 0.717) is 5.92 Å². The average Bonchev–Trinajstić information content (AvgIpc) is 2.74. The summed E-state index contributed by atoms with van der Waals surface area (Å²) in [6.45, 7) is 0. The average molecular weight is 372 g/mol. The van der Waals surface area contributed by atoms with E-state index in [9.17, 15) is 0 Å². The van der Waals surface area contributed by atoms with Crippen LogP contribution in [0.3, 0.4) is 0 Å². The molecule has 1 aromatic heterocycles. The smallest absolute Gasteiger partial charge is 0.0627 e. The SMILES string of the molecule is Cn1ccc(CC(CBr)Cc2cccc(Br)c2)n1. The highest BCUT2D eigenvalue weighted by Crippen LogP contribution is 2.19. The van der Waals surface area contributed by atoms with Gasteiger partial charge in [-0.15, -0.1) is 0 Å². The van der Waals surface area contributed by atoms with Crippen molar-refractivity contribution in [3.63, 3.8) is 0 Å². The number of alkyl halides is 1. The number of nitrogens with zero attached hydrogens (tertiary/aromatic N) is 2. The number of aromatic nitrogens is 2. The summed E-state index contributed by atoms with van der Waals surface area (Å²) >= 11 is 7.13. The summed E-state index contributed by atoms with van der Waals surface area (Å²) in [6.07, 6.45) is 4.08. The minimum Gasteiger partial charge on any atom is -0.276 e. The van der Waals surface area contributed by atoms with E-state index in [2.05, 4.69) is 67.3 Å². The molecule has 1 heterocycles. The maximum absolute atomic E-state index is 4.44. The first-order valence-electron chi connectivity index (χ1n) is 5.96. The highest BCUT2D eigenvalue weighted by atomic mass is 79.9. The second-order valence-electron chi connectivity index (χ2n) is 4.54. The van der Waals surface area contributed by atoms with Crippen LogP contribution in [0.2, 0.25) is 0 Å². The Bertz CT molecular complexity index is 508. The molecule has 0 aliphatic rings. The molecule has 2 aromatic rings. The Morgan fingerprint density at radius 3 is 2.72 bits per heavy atom. The molecule has 0 aliphatic carbocycles. The summed E-state index contributed by atoms with van der Waals surface area (Å²) in [5.41, 5.74) is 2.53. The maximum Gasteiger partial charge on any atom is 0.0627 e. The van der Waals surface area contributed by atoms with Gasteiger partial charge in [0.15, 0.2) is 0 Å². The van der Waals surface area contributed by atoms with E-state index in [-0.39, 0.29) is 0 Å². The van der Waals surface area contributed by atoms with Crippen molar-refractivity contribution < 1.29 is 0 Å². The predicted octanol–water partition coefficient (Wildman–Crippen LogP) is 3.98. The quantitative estimate of drug-likeness (QED) is 0.727. The van der Waals surface area contributed by atoms with E-state index in [1.54, 1.807) is 0 Å². The molecule has 1 unspecified atom stereocenters. The van der Waals surface area contributed by atoms with Crippen molar-refractivity contribution in [2.75, 3.05) is 5.33 Å². The van der Waals surface area contributed by atoms with E-state index < -0.39 is 0 Å². The van der Waals surface area contributed by atoms with Crippen LogP contribution in [0, 0.1) is 5.92 Å². The number of aryl methyl sites for hydroxylation is 1. The zero-order chi connectivity index (χ0) is 13.0. The van der Waals surface area contributed by atoms with Crippen molar-refractivity contribution in [1.29, 1.82) is 0 Å². The molecule has 2 nitrogen and oxygen atoms in total. The minimum atomic E-state index is 0.578. The van der Waals surface area contributed by atoms with Gasteiger partial charge in [0.05, 0.1) is 5.69 Å². The van der Waals surface area contributed by atoms with Crippen LogP contribution in [0.1, 0.15) is 11.3 Å². The highest BCUT2D eigenvalue weighted by molar-refractivity contribution is 9.10. The van der Waals surface area contributed by atoms with Gasteiger partial charge in [-0.25, -0.2) is 0 Å². The molecule has 0 amide bonds. The first kappa shape index (κ1) is 13.8. The lowest BCUT2D eigenvalue weighted by Gasteiger charge is -2.12. The molecular weight excluding hydrogens is 356 g/mol. The van der Waals surface area contributed by atoms with Gasteiger partial charge < -0.3 is 0 Å². The number of benzene rings is 1. The summed E-state index contributed by atoms with van der Waals surface area (Å²) in [7, 11) is 1.96. The van der Waals surface area contributed by atoms with Crippen LogP contribution < -0.4 is 0 Å². The number of rotatable bonds is 5. The second-order valence-corrected chi connectivity index (χ2v) is 6.10. The van der Waals surface area contributed by atoms with Crippen LogP contribution in [0.4, 0.5) is 0 Å². The van der Waals surface area contributed by atoms with E-state index >= 15 is 0 Å². The topological polar surface area (TPSA) is 17.8 Å². The molecule has 1 atom stereocenters. The molecule has 0 aliphatic heterocycles. The van der Waals surface area contributed by atoms with Crippen LogP contribution in [0.5, 0.6) is 0 Å². The Balaban J connectivity index is 2.01. The monoisotopic (exact) mass is 370 g/mol. The fourth-order valence-electron chi connectivity index (χ4n) is 2.05. The van der Waals surface area contributed by atoms with E-state index in [0.717, 1.165) is 28.3 Å². The third-order valence-electron chi connectivity index (χ3n) is 2.90. The van der Waals surface area contributed by atoms with Crippen LogP contribution in [0.25, 0.3) is 0 Å². The van der Waals surface area contributed by atoms with Gasteiger partial charge in [0, 0.05) is 23.0 Å². The summed E-state index contributed by atoms with van der Waals surface area (Å²) in [4.78, 5) is 0. The third-order valence-corrected chi connectivity index (χ3v) is 4.31. The van der Waals surface area contributed by atoms with Crippen LogP contribution in [-0.2, 0) is 19.9 Å². The van der Waals surface area contributed by atoms with Crippen molar-refractivity contribution in [2.24, 2.45) is 13.0 Å². The summed E-state index contributed by atoms with van der Waals surface area (Å²) < 4.78 is 3.01. The molecule has 0 spiro atoms. The Labute approximate surface area is 125 Å². The Kier molecular flexibility index (Phi) is 5.01. The predicted molar refractivity (Wildman–Crippen MR) is 82.0 cm³/mol. The molecule has 0 saturated carbocycles. The fourth-order valence-corrected chi connectivity index (χ4v) is 2.95. The number of hydrogen-bond acceptors (Lipinski definition) is 1. The van der Waals surface area contributed by atoms with Gasteiger partial charge in [0.1, 0.15) is 0 Å². The lowest BCUT2D eigenvalue weighted by molar-refractivity contribution is 0.574.